The number of sulfone groups is 1. The zero-order valence-corrected chi connectivity index (χ0v) is 34.2. The first-order valence-electron chi connectivity index (χ1n) is 17.5. The van der Waals surface area contributed by atoms with Crippen molar-refractivity contribution in [3.05, 3.63) is 98.7 Å². The van der Waals surface area contributed by atoms with Crippen molar-refractivity contribution in [1.82, 2.24) is 4.90 Å². The van der Waals surface area contributed by atoms with Crippen molar-refractivity contribution < 1.29 is 50.3 Å². The summed E-state index contributed by atoms with van der Waals surface area (Å²) in [5.41, 5.74) is 5.49. The van der Waals surface area contributed by atoms with Gasteiger partial charge >= 0.3 is 11.9 Å². The van der Waals surface area contributed by atoms with E-state index in [0.717, 1.165) is 22.4 Å². The van der Waals surface area contributed by atoms with Gasteiger partial charge in [-0.3, -0.25) is 19.2 Å². The van der Waals surface area contributed by atoms with Crippen molar-refractivity contribution in [2.24, 2.45) is 11.7 Å². The molecule has 4 atom stereocenters. The summed E-state index contributed by atoms with van der Waals surface area (Å²) in [6, 6.07) is 12.7. The molecule has 2 amide bonds. The number of hydrogen-bond acceptors (Lipinski definition) is 11. The number of halogens is 2. The predicted octanol–water partition coefficient (Wildman–Crippen LogP) is 6.23. The van der Waals surface area contributed by atoms with Crippen LogP contribution in [0.5, 0.6) is 0 Å². The second-order valence-electron chi connectivity index (χ2n) is 14.1. The van der Waals surface area contributed by atoms with Gasteiger partial charge in [0, 0.05) is 35.9 Å². The molecule has 0 spiro atoms. The van der Waals surface area contributed by atoms with E-state index in [2.05, 4.69) is 0 Å². The third kappa shape index (κ3) is 8.44. The van der Waals surface area contributed by atoms with Crippen LogP contribution >= 0.6 is 34.0 Å². The normalized spacial score (nSPS) is 19.5. The van der Waals surface area contributed by atoms with Gasteiger partial charge in [-0.1, -0.05) is 41.4 Å². The minimum absolute atomic E-state index is 0.00981. The number of esters is 1. The zero-order chi connectivity index (χ0) is 40.7. The van der Waals surface area contributed by atoms with Crippen LogP contribution < -0.4 is 5.73 Å². The molecule has 56 heavy (non-hydrogen) atoms. The van der Waals surface area contributed by atoms with Crippen LogP contribution in [-0.2, 0) is 45.9 Å². The Kier molecular flexibility index (Phi) is 11.9. The van der Waals surface area contributed by atoms with Crippen LogP contribution in [0.15, 0.2) is 70.2 Å². The van der Waals surface area contributed by atoms with Gasteiger partial charge in [0.2, 0.25) is 8.87 Å². The quantitative estimate of drug-likeness (QED) is 0.113. The van der Waals surface area contributed by atoms with Crippen LogP contribution in [0.2, 0.25) is 10.0 Å². The zero-order valence-electron chi connectivity index (χ0n) is 30.2. The Bertz CT molecular complexity index is 2470. The maximum atomic E-state index is 15.1. The van der Waals surface area contributed by atoms with Gasteiger partial charge in [-0.05, 0) is 103 Å². The van der Waals surface area contributed by atoms with Gasteiger partial charge in [-0.2, -0.15) is 0 Å². The maximum absolute atomic E-state index is 15.1. The highest BCUT2D eigenvalue weighted by molar-refractivity contribution is 8.72. The number of carboxylic acid groups (broad SMARTS) is 1. The van der Waals surface area contributed by atoms with E-state index < -0.39 is 65.3 Å². The second-order valence-corrected chi connectivity index (χ2v) is 21.2. The Morgan fingerprint density at radius 1 is 1.12 bits per heavy atom. The van der Waals surface area contributed by atoms with Crippen LogP contribution in [0.25, 0.3) is 11.0 Å². The van der Waals surface area contributed by atoms with Crippen LogP contribution in [-0.4, -0.2) is 80.0 Å². The van der Waals surface area contributed by atoms with E-state index in [-0.39, 0.29) is 76.9 Å². The molecule has 3 aromatic carbocycles. The van der Waals surface area contributed by atoms with E-state index in [1.807, 2.05) is 0 Å². The smallest absolute Gasteiger partial charge is 0.312 e. The van der Waals surface area contributed by atoms with Crippen LogP contribution in [0.3, 0.4) is 0 Å². The Hall–Kier alpha value is -4.09. The third-order valence-electron chi connectivity index (χ3n) is 10.3. The Labute approximate surface area is 337 Å². The molecule has 0 bridgehead atoms. The number of fused-ring (bicyclic) bond motifs is 2. The van der Waals surface area contributed by atoms with Gasteiger partial charge in [-0.15, -0.1) is 0 Å². The minimum Gasteiger partial charge on any atom is -0.481 e. The number of carbonyl (C=O) groups excluding carboxylic acids is 3. The first kappa shape index (κ1) is 41.5. The van der Waals surface area contributed by atoms with E-state index in [1.54, 1.807) is 30.3 Å². The number of benzene rings is 3. The first-order chi connectivity index (χ1) is 26.3. The van der Waals surface area contributed by atoms with Crippen molar-refractivity contribution in [3.8, 4) is 0 Å². The number of carboxylic acids is 1. The van der Waals surface area contributed by atoms with Crippen LogP contribution in [0.4, 0.5) is 0 Å². The second kappa shape index (κ2) is 16.0. The summed E-state index contributed by atoms with van der Waals surface area (Å²) in [5, 5.41) is 8.77. The van der Waals surface area contributed by atoms with Gasteiger partial charge in [-0.25, -0.2) is 16.8 Å². The maximum Gasteiger partial charge on any atom is 0.312 e. The molecule has 18 heteroatoms. The molecule has 3 heterocycles. The molecule has 1 aromatic heterocycles. The van der Waals surface area contributed by atoms with Crippen molar-refractivity contribution in [2.45, 2.75) is 67.2 Å². The minimum atomic E-state index is -3.85. The predicted molar refractivity (Wildman–Crippen MR) is 211 cm³/mol. The lowest BCUT2D eigenvalue weighted by atomic mass is 9.80. The average Bonchev–Trinajstić information content (AvgIpc) is 3.74. The fraction of sp³-hybridized carbons (Fsp3) is 0.368. The van der Waals surface area contributed by atoms with Crippen LogP contribution in [0, 0.1) is 5.92 Å². The van der Waals surface area contributed by atoms with Gasteiger partial charge in [0.1, 0.15) is 16.4 Å². The molecule has 2 aliphatic rings. The summed E-state index contributed by atoms with van der Waals surface area (Å²) in [4.78, 5) is 55.1. The largest absolute Gasteiger partial charge is 0.481 e. The molecule has 13 nitrogen and oxygen atoms in total. The highest BCUT2D eigenvalue weighted by atomic mass is 35.5. The molecule has 2 unspecified atom stereocenters. The summed E-state index contributed by atoms with van der Waals surface area (Å²) in [7, 11) is -6.83. The van der Waals surface area contributed by atoms with Crippen LogP contribution in [0.1, 0.15) is 76.1 Å². The fourth-order valence-corrected chi connectivity index (χ4v) is 13.5. The number of hydrogen-bond donors (Lipinski definition) is 2. The standard InChI is InChI=1S/C38H38Cl2N2O11S3/c1-38(13-4-7-31(43)44,30-12-16-54-56(30,50)51)53-37(47)27(18-21-5-3-6-24(17-21)55(2,48)49)34-26-20-28(39)32(35(41)45)33(40)25(26)10-14-42(34)36(46)23-9-8-22-11-15-52-29(22)19-23/h3,5-6,8-9,11,15,17,19-20,27,30,34H,4,7,10,12-14,16,18H2,1-2H3,(H2,41,45)(H,43,44)/t27-,30+,34?,38?/m0/s1. The van der Waals surface area contributed by atoms with Crippen molar-refractivity contribution >= 4 is 87.4 Å². The van der Waals surface area contributed by atoms with Crippen molar-refractivity contribution in [3.63, 3.8) is 0 Å². The molecule has 1 saturated heterocycles. The van der Waals surface area contributed by atoms with E-state index in [0.29, 0.717) is 22.3 Å². The number of rotatable bonds is 13. The van der Waals surface area contributed by atoms with E-state index in [4.69, 9.17) is 38.1 Å². The van der Waals surface area contributed by atoms with E-state index in [9.17, 15) is 36.3 Å². The molecule has 0 radical (unpaired) electrons. The van der Waals surface area contributed by atoms with E-state index in [1.165, 1.54) is 42.4 Å². The summed E-state index contributed by atoms with van der Waals surface area (Å²) in [6.07, 6.45) is 2.11. The number of aliphatic carboxylic acids is 1. The lowest BCUT2D eigenvalue weighted by molar-refractivity contribution is -0.167. The van der Waals surface area contributed by atoms with Crippen molar-refractivity contribution in [1.29, 1.82) is 0 Å². The van der Waals surface area contributed by atoms with Crippen molar-refractivity contribution in [2.75, 3.05) is 18.6 Å². The highest BCUT2D eigenvalue weighted by Gasteiger charge is 2.51. The SMILES string of the molecule is CC(CCCC(=O)O)(OC(=O)[C@@H](Cc1cccc(S(C)(=O)=O)c1)C1c2cc(Cl)c(C(N)=O)c(Cl)c2CCN1C(=O)c1ccc2ccoc2c1)[C@H]1CCSS1(=O)=O. The number of primary amides is 1. The summed E-state index contributed by atoms with van der Waals surface area (Å²) < 4.78 is 63.8. The Morgan fingerprint density at radius 3 is 2.54 bits per heavy atom. The number of nitrogens with two attached hydrogens (primary N) is 1. The van der Waals surface area contributed by atoms with Gasteiger partial charge in [0.25, 0.3) is 11.8 Å². The molecule has 4 aromatic rings. The fourth-order valence-electron chi connectivity index (χ4n) is 7.64. The Balaban J connectivity index is 1.54. The lowest BCUT2D eigenvalue weighted by Gasteiger charge is -2.43. The van der Waals surface area contributed by atoms with E-state index >= 15 is 4.79 Å². The van der Waals surface area contributed by atoms with Gasteiger partial charge < -0.3 is 24.9 Å². The third-order valence-corrected chi connectivity index (χ3v) is 16.5. The molecular formula is C38H38Cl2N2O11S3. The summed E-state index contributed by atoms with van der Waals surface area (Å²) in [6.45, 7) is 1.44. The Morgan fingerprint density at radius 2 is 1.88 bits per heavy atom. The first-order valence-corrected chi connectivity index (χ1v) is 23.2. The number of carbonyl (C=O) groups is 4. The molecule has 2 aliphatic heterocycles. The monoisotopic (exact) mass is 864 g/mol. The lowest BCUT2D eigenvalue weighted by Crippen LogP contribution is -2.50. The molecule has 3 N–H and O–H groups in total. The number of ether oxygens (including phenoxy) is 1. The number of furan rings is 1. The van der Waals surface area contributed by atoms with Gasteiger partial charge in [0.05, 0.1) is 38.7 Å². The molecule has 1 fully saturated rings. The number of amides is 2. The topological polar surface area (TPSA) is 208 Å². The molecule has 298 valence electrons. The number of nitrogens with zero attached hydrogens (tertiary/aromatic N) is 1. The highest BCUT2D eigenvalue weighted by Crippen LogP contribution is 2.46. The molecule has 0 aliphatic carbocycles. The average molecular weight is 866 g/mol. The summed E-state index contributed by atoms with van der Waals surface area (Å²) >= 11 is 13.5. The molecule has 0 saturated carbocycles. The van der Waals surface area contributed by atoms with Gasteiger partial charge in [0.15, 0.2) is 9.84 Å². The summed E-state index contributed by atoms with van der Waals surface area (Å²) in [5.74, 6) is -4.61. The molecular weight excluding hydrogens is 828 g/mol. The molecule has 6 rings (SSSR count).